The first-order valence-electron chi connectivity index (χ1n) is 12.6. The molecule has 2 bridgehead atoms. The van der Waals surface area contributed by atoms with E-state index in [0.29, 0.717) is 23.1 Å². The summed E-state index contributed by atoms with van der Waals surface area (Å²) < 4.78 is 5.01. The smallest absolute Gasteiger partial charge is 0.338 e. The summed E-state index contributed by atoms with van der Waals surface area (Å²) in [7, 11) is 0. The number of esters is 1. The number of likely N-dealkylation sites (tertiary alicyclic amines) is 1. The van der Waals surface area contributed by atoms with Gasteiger partial charge in [0.25, 0.3) is 0 Å². The highest BCUT2D eigenvalue weighted by atomic mass is 16.5. The number of hydrogen-bond donors (Lipinski definition) is 1. The van der Waals surface area contributed by atoms with Crippen LogP contribution < -0.4 is 5.32 Å². The van der Waals surface area contributed by atoms with Crippen molar-refractivity contribution >= 4 is 29.4 Å². The fraction of sp³-hybridized carbons (Fsp3) is 0.379. The molecule has 4 aliphatic carbocycles. The molecular formula is C29H28N2O5. The standard InChI is InChI=1S/C29H28N2O5/c1-2-36-29(35)17-8-10-18(11-9-17)30-26(32)23(14-16-6-4-3-5-7-16)31-27(33)24-19-12-13-20(22-15-21(19)22)25(24)28(31)34/h3-13,19-25H,2,14-15H2,1H3,(H,30,32)/t19-,20-,21-,22-,23+,24+,25+/m1/s1. The summed E-state index contributed by atoms with van der Waals surface area (Å²) in [4.78, 5) is 54.2. The molecule has 3 amide bonds. The highest BCUT2D eigenvalue weighted by Crippen LogP contribution is 2.65. The van der Waals surface area contributed by atoms with Gasteiger partial charge in [0.2, 0.25) is 17.7 Å². The number of amides is 3. The predicted molar refractivity (Wildman–Crippen MR) is 132 cm³/mol. The predicted octanol–water partition coefficient (Wildman–Crippen LogP) is 3.47. The van der Waals surface area contributed by atoms with Gasteiger partial charge in [0, 0.05) is 12.1 Å². The zero-order chi connectivity index (χ0) is 25.0. The Morgan fingerprint density at radius 2 is 1.56 bits per heavy atom. The summed E-state index contributed by atoms with van der Waals surface area (Å²) in [5.41, 5.74) is 1.73. The van der Waals surface area contributed by atoms with Gasteiger partial charge >= 0.3 is 5.97 Å². The molecule has 3 fully saturated rings. The maximum Gasteiger partial charge on any atom is 0.338 e. The number of carbonyl (C=O) groups excluding carboxylic acids is 4. The second-order valence-corrected chi connectivity index (χ2v) is 10.2. The number of hydrogen-bond acceptors (Lipinski definition) is 5. The van der Waals surface area contributed by atoms with Gasteiger partial charge in [0.1, 0.15) is 6.04 Å². The summed E-state index contributed by atoms with van der Waals surface area (Å²) in [5, 5.41) is 2.86. The molecule has 1 heterocycles. The number of benzene rings is 2. The van der Waals surface area contributed by atoms with E-state index in [4.69, 9.17) is 4.74 Å². The zero-order valence-corrected chi connectivity index (χ0v) is 20.0. The fourth-order valence-electron chi connectivity index (χ4n) is 6.56. The average molecular weight is 485 g/mol. The third kappa shape index (κ3) is 3.65. The zero-order valence-electron chi connectivity index (χ0n) is 20.0. The van der Waals surface area contributed by atoms with Crippen molar-refractivity contribution in [3.63, 3.8) is 0 Å². The molecule has 7 rings (SSSR count). The van der Waals surface area contributed by atoms with Crippen LogP contribution in [0.5, 0.6) is 0 Å². The van der Waals surface area contributed by atoms with E-state index in [1.807, 2.05) is 30.3 Å². The molecule has 2 aromatic rings. The number of carbonyl (C=O) groups is 4. The number of ether oxygens (including phenoxy) is 1. The summed E-state index contributed by atoms with van der Waals surface area (Å²) >= 11 is 0. The van der Waals surface area contributed by atoms with Crippen LogP contribution >= 0.6 is 0 Å². The van der Waals surface area contributed by atoms with Crippen LogP contribution in [0, 0.1) is 35.5 Å². The lowest BCUT2D eigenvalue weighted by molar-refractivity contribution is -0.146. The van der Waals surface area contributed by atoms with Gasteiger partial charge in [-0.1, -0.05) is 42.5 Å². The molecule has 0 spiro atoms. The van der Waals surface area contributed by atoms with Crippen molar-refractivity contribution in [2.24, 2.45) is 35.5 Å². The molecule has 184 valence electrons. The van der Waals surface area contributed by atoms with Crippen LogP contribution in [0.2, 0.25) is 0 Å². The van der Waals surface area contributed by atoms with Crippen LogP contribution in [0.1, 0.15) is 29.3 Å². The number of nitrogens with one attached hydrogen (secondary N) is 1. The minimum absolute atomic E-state index is 0.0994. The van der Waals surface area contributed by atoms with E-state index in [0.717, 1.165) is 12.0 Å². The van der Waals surface area contributed by atoms with Gasteiger partial charge in [-0.25, -0.2) is 4.79 Å². The van der Waals surface area contributed by atoms with E-state index in [-0.39, 0.29) is 48.5 Å². The maximum atomic E-state index is 13.7. The lowest BCUT2D eigenvalue weighted by Crippen LogP contribution is -2.49. The van der Waals surface area contributed by atoms with Crippen molar-refractivity contribution < 1.29 is 23.9 Å². The first-order chi connectivity index (χ1) is 17.5. The number of rotatable bonds is 7. The van der Waals surface area contributed by atoms with Crippen LogP contribution in [0.4, 0.5) is 5.69 Å². The first-order valence-corrected chi connectivity index (χ1v) is 12.6. The minimum Gasteiger partial charge on any atom is -0.462 e. The van der Waals surface area contributed by atoms with Gasteiger partial charge < -0.3 is 10.1 Å². The second kappa shape index (κ2) is 8.73. The van der Waals surface area contributed by atoms with E-state index in [9.17, 15) is 19.2 Å². The molecule has 1 N–H and O–H groups in total. The Morgan fingerprint density at radius 3 is 2.14 bits per heavy atom. The van der Waals surface area contributed by atoms with Gasteiger partial charge in [-0.3, -0.25) is 19.3 Å². The van der Waals surface area contributed by atoms with Crippen molar-refractivity contribution in [3.05, 3.63) is 77.9 Å². The monoisotopic (exact) mass is 484 g/mol. The highest BCUT2D eigenvalue weighted by molar-refractivity contribution is 6.10. The SMILES string of the molecule is CCOC(=O)c1ccc(NC(=O)[C@H](Cc2ccccc2)N2C(=O)[C@H]3[C@@H]4C=C[C@H]([C@H]5C[C@H]45)[C@@H]3C2=O)cc1. The second-order valence-electron chi connectivity index (χ2n) is 10.2. The van der Waals surface area contributed by atoms with E-state index < -0.39 is 17.9 Å². The van der Waals surface area contributed by atoms with Gasteiger partial charge in [-0.05, 0) is 66.8 Å². The van der Waals surface area contributed by atoms with Crippen LogP contribution in [0.3, 0.4) is 0 Å². The summed E-state index contributed by atoms with van der Waals surface area (Å²) in [6.07, 6.45) is 5.59. The topological polar surface area (TPSA) is 92.8 Å². The van der Waals surface area contributed by atoms with Crippen molar-refractivity contribution in [1.82, 2.24) is 4.90 Å². The van der Waals surface area contributed by atoms with Crippen molar-refractivity contribution in [3.8, 4) is 0 Å². The van der Waals surface area contributed by atoms with Crippen LogP contribution in [-0.2, 0) is 25.5 Å². The Bertz CT molecular complexity index is 1220. The minimum atomic E-state index is -0.960. The quantitative estimate of drug-likeness (QED) is 0.369. The molecule has 0 radical (unpaired) electrons. The molecule has 7 heteroatoms. The average Bonchev–Trinajstić information content (AvgIpc) is 3.67. The molecule has 1 saturated heterocycles. The maximum absolute atomic E-state index is 13.7. The normalized spacial score (nSPS) is 30.0. The van der Waals surface area contributed by atoms with Gasteiger partial charge in [0.05, 0.1) is 24.0 Å². The van der Waals surface area contributed by atoms with Crippen molar-refractivity contribution in [1.29, 1.82) is 0 Å². The van der Waals surface area contributed by atoms with E-state index >= 15 is 0 Å². The Kier molecular flexibility index (Phi) is 5.51. The van der Waals surface area contributed by atoms with E-state index in [1.165, 1.54) is 4.90 Å². The van der Waals surface area contributed by atoms with Crippen LogP contribution in [0.15, 0.2) is 66.7 Å². The number of anilines is 1. The Labute approximate surface area is 209 Å². The molecule has 1 aliphatic heterocycles. The summed E-state index contributed by atoms with van der Waals surface area (Å²) in [6.45, 7) is 2.01. The molecule has 2 saturated carbocycles. The van der Waals surface area contributed by atoms with Crippen molar-refractivity contribution in [2.75, 3.05) is 11.9 Å². The molecule has 5 aliphatic rings. The number of allylic oxidation sites excluding steroid dienone is 2. The summed E-state index contributed by atoms with van der Waals surface area (Å²) in [6, 6.07) is 14.9. The molecule has 7 atom stereocenters. The Hall–Kier alpha value is -3.74. The van der Waals surface area contributed by atoms with E-state index in [2.05, 4.69) is 17.5 Å². The van der Waals surface area contributed by atoms with Gasteiger partial charge in [-0.2, -0.15) is 0 Å². The third-order valence-corrected chi connectivity index (χ3v) is 8.25. The highest BCUT2D eigenvalue weighted by Gasteiger charge is 2.67. The summed E-state index contributed by atoms with van der Waals surface area (Å²) in [5.74, 6) is -0.813. The Morgan fingerprint density at radius 1 is 0.944 bits per heavy atom. The van der Waals surface area contributed by atoms with Gasteiger partial charge in [0.15, 0.2) is 0 Å². The Balaban J connectivity index is 1.27. The molecule has 7 nitrogen and oxygen atoms in total. The first kappa shape index (κ1) is 22.7. The van der Waals surface area contributed by atoms with Crippen molar-refractivity contribution in [2.45, 2.75) is 25.8 Å². The third-order valence-electron chi connectivity index (χ3n) is 8.25. The lowest BCUT2D eigenvalue weighted by atomic mass is 9.63. The fourth-order valence-corrected chi connectivity index (χ4v) is 6.56. The lowest BCUT2D eigenvalue weighted by Gasteiger charge is -2.37. The molecule has 0 aromatic heterocycles. The van der Waals surface area contributed by atoms with Crippen LogP contribution in [-0.4, -0.2) is 41.2 Å². The largest absolute Gasteiger partial charge is 0.462 e. The molecule has 0 unspecified atom stereocenters. The van der Waals surface area contributed by atoms with E-state index in [1.54, 1.807) is 31.2 Å². The molecular weight excluding hydrogens is 456 g/mol. The van der Waals surface area contributed by atoms with Crippen LogP contribution in [0.25, 0.3) is 0 Å². The number of nitrogens with zero attached hydrogens (tertiary/aromatic N) is 1. The van der Waals surface area contributed by atoms with Gasteiger partial charge in [-0.15, -0.1) is 0 Å². The molecule has 36 heavy (non-hydrogen) atoms. The number of imide groups is 1. The molecule has 2 aromatic carbocycles.